The molecule has 0 radical (unpaired) electrons. The van der Waals surface area contributed by atoms with Crippen molar-refractivity contribution < 1.29 is 9.59 Å². The Kier molecular flexibility index (Phi) is 3.83. The molecular formula is C23H25N3O2. The normalized spacial score (nSPS) is 29.6. The van der Waals surface area contributed by atoms with Gasteiger partial charge < -0.3 is 4.57 Å². The first kappa shape index (κ1) is 17.4. The molecule has 2 fully saturated rings. The maximum atomic E-state index is 12.9. The van der Waals surface area contributed by atoms with Gasteiger partial charge in [0.25, 0.3) is 11.8 Å². The summed E-state index contributed by atoms with van der Waals surface area (Å²) in [7, 11) is 0. The number of fused-ring (bicyclic) bond motifs is 6. The van der Waals surface area contributed by atoms with Crippen molar-refractivity contribution in [2.24, 2.45) is 28.8 Å². The van der Waals surface area contributed by atoms with Crippen LogP contribution in [0, 0.1) is 30.6 Å². The lowest BCUT2D eigenvalue weighted by Gasteiger charge is -2.15. The first-order chi connectivity index (χ1) is 13.5. The second-order valence-electron chi connectivity index (χ2n) is 8.38. The van der Waals surface area contributed by atoms with E-state index in [9.17, 15) is 9.59 Å². The molecule has 1 aliphatic heterocycles. The van der Waals surface area contributed by atoms with Gasteiger partial charge in [0, 0.05) is 28.2 Å². The highest BCUT2D eigenvalue weighted by Crippen LogP contribution is 2.52. The van der Waals surface area contributed by atoms with Crippen molar-refractivity contribution in [3.63, 3.8) is 0 Å². The average Bonchev–Trinajstić information content (AvgIpc) is 3.43. The number of allylic oxidation sites excluding steroid dienone is 2. The molecule has 1 aromatic carbocycles. The van der Waals surface area contributed by atoms with E-state index in [0.29, 0.717) is 6.04 Å². The molecular weight excluding hydrogens is 350 g/mol. The third-order valence-corrected chi connectivity index (χ3v) is 6.99. The molecule has 0 N–H and O–H groups in total. The van der Waals surface area contributed by atoms with Crippen molar-refractivity contribution in [2.45, 2.75) is 39.7 Å². The zero-order valence-electron chi connectivity index (χ0n) is 16.5. The maximum Gasteiger partial charge on any atom is 0.254 e. The molecule has 1 saturated heterocycles. The summed E-state index contributed by atoms with van der Waals surface area (Å²) in [6.07, 6.45) is 7.88. The smallest absolute Gasteiger partial charge is 0.254 e. The van der Waals surface area contributed by atoms with Crippen molar-refractivity contribution in [1.82, 2.24) is 9.58 Å². The van der Waals surface area contributed by atoms with E-state index in [1.54, 1.807) is 6.21 Å². The molecule has 144 valence electrons. The first-order valence-electron chi connectivity index (χ1n) is 10.2. The Hall–Kier alpha value is -2.69. The lowest BCUT2D eigenvalue weighted by Crippen LogP contribution is -2.28. The number of rotatable bonds is 4. The Balaban J connectivity index is 1.53. The summed E-state index contributed by atoms with van der Waals surface area (Å²) in [5.41, 5.74) is 3.25. The lowest BCUT2D eigenvalue weighted by molar-refractivity contribution is -0.140. The third kappa shape index (κ3) is 2.22. The Morgan fingerprint density at radius 3 is 2.43 bits per heavy atom. The number of carbonyl (C=O) groups excluding carboxylic acids is 2. The summed E-state index contributed by atoms with van der Waals surface area (Å²) in [6.45, 7) is 6.47. The van der Waals surface area contributed by atoms with E-state index >= 15 is 0 Å². The monoisotopic (exact) mass is 375 g/mol. The third-order valence-electron chi connectivity index (χ3n) is 6.99. The average molecular weight is 375 g/mol. The van der Waals surface area contributed by atoms with E-state index in [2.05, 4.69) is 54.7 Å². The van der Waals surface area contributed by atoms with Crippen LogP contribution in [-0.4, -0.2) is 27.6 Å². The predicted molar refractivity (Wildman–Crippen MR) is 109 cm³/mol. The van der Waals surface area contributed by atoms with Gasteiger partial charge in [-0.25, -0.2) is 0 Å². The topological polar surface area (TPSA) is 54.7 Å². The molecule has 2 aromatic rings. The lowest BCUT2D eigenvalue weighted by atomic mass is 9.85. The molecule has 2 aliphatic carbocycles. The number of imide groups is 1. The fourth-order valence-electron chi connectivity index (χ4n) is 5.45. The van der Waals surface area contributed by atoms with Gasteiger partial charge in [0.2, 0.25) is 0 Å². The molecule has 28 heavy (non-hydrogen) atoms. The standard InChI is InChI=1S/C23H25N3O2/c1-4-13(2)25-14(3)18(17-7-5-6-8-19(17)25)12-24-26-22(27)20-15-9-10-16(11-15)21(20)23(26)28/h5-10,12-13,15-16,20-21H,4,11H2,1-3H3/t13-,15-,16-,20-,21+/m0/s1. The van der Waals surface area contributed by atoms with E-state index in [4.69, 9.17) is 0 Å². The highest BCUT2D eigenvalue weighted by atomic mass is 16.2. The van der Waals surface area contributed by atoms with Gasteiger partial charge in [0.1, 0.15) is 0 Å². The number of benzene rings is 1. The van der Waals surface area contributed by atoms with Gasteiger partial charge in [-0.2, -0.15) is 10.1 Å². The number of amides is 2. The van der Waals surface area contributed by atoms with Crippen LogP contribution in [0.1, 0.15) is 44.0 Å². The zero-order valence-corrected chi connectivity index (χ0v) is 16.5. The van der Waals surface area contributed by atoms with Gasteiger partial charge in [-0.3, -0.25) is 9.59 Å². The van der Waals surface area contributed by atoms with Crippen molar-refractivity contribution in [1.29, 1.82) is 0 Å². The fraction of sp³-hybridized carbons (Fsp3) is 0.435. The van der Waals surface area contributed by atoms with Crippen molar-refractivity contribution >= 4 is 28.9 Å². The molecule has 0 spiro atoms. The maximum absolute atomic E-state index is 12.9. The molecule has 0 unspecified atom stereocenters. The Labute approximate surface area is 164 Å². The van der Waals surface area contributed by atoms with E-state index < -0.39 is 0 Å². The highest BCUT2D eigenvalue weighted by molar-refractivity contribution is 6.08. The molecule has 2 heterocycles. The summed E-state index contributed by atoms with van der Waals surface area (Å²) in [4.78, 5) is 25.7. The molecule has 1 saturated carbocycles. The zero-order chi connectivity index (χ0) is 19.6. The second kappa shape index (κ2) is 6.16. The SMILES string of the molecule is CC[C@H](C)n1c(C)c(C=NN2C(=O)[C@@H]3[C@H](C2=O)[C@H]2C=C[C@H]3C2)c2ccccc21. The number of para-hydroxylation sites is 1. The Morgan fingerprint density at radius 1 is 1.14 bits per heavy atom. The summed E-state index contributed by atoms with van der Waals surface area (Å²) < 4.78 is 2.32. The van der Waals surface area contributed by atoms with Gasteiger partial charge in [0.05, 0.1) is 18.1 Å². The molecule has 5 nitrogen and oxygen atoms in total. The minimum Gasteiger partial charge on any atom is -0.341 e. The molecule has 3 aliphatic rings. The van der Waals surface area contributed by atoms with Crippen LogP contribution in [0.15, 0.2) is 41.5 Å². The van der Waals surface area contributed by atoms with Crippen LogP contribution in [0.2, 0.25) is 0 Å². The number of nitrogens with zero attached hydrogens (tertiary/aromatic N) is 3. The van der Waals surface area contributed by atoms with Crippen LogP contribution < -0.4 is 0 Å². The number of hydrogen-bond acceptors (Lipinski definition) is 3. The summed E-state index contributed by atoms with van der Waals surface area (Å²) in [5, 5.41) is 6.65. The van der Waals surface area contributed by atoms with Crippen molar-refractivity contribution in [3.05, 3.63) is 47.7 Å². The Bertz CT molecular complexity index is 1020. The van der Waals surface area contributed by atoms with Crippen LogP contribution in [-0.2, 0) is 9.59 Å². The van der Waals surface area contributed by atoms with Gasteiger partial charge in [-0.15, -0.1) is 0 Å². The molecule has 5 heteroatoms. The number of hydrogen-bond donors (Lipinski definition) is 0. The molecule has 1 aromatic heterocycles. The number of hydrazone groups is 1. The number of aromatic nitrogens is 1. The minimum absolute atomic E-state index is 0.133. The van der Waals surface area contributed by atoms with Crippen LogP contribution in [0.4, 0.5) is 0 Å². The van der Waals surface area contributed by atoms with Crippen molar-refractivity contribution in [3.8, 4) is 0 Å². The highest BCUT2D eigenvalue weighted by Gasteiger charge is 2.59. The Morgan fingerprint density at radius 2 is 1.79 bits per heavy atom. The van der Waals surface area contributed by atoms with E-state index in [-0.39, 0.29) is 35.5 Å². The summed E-state index contributed by atoms with van der Waals surface area (Å²) in [5.74, 6) is -0.261. The summed E-state index contributed by atoms with van der Waals surface area (Å²) >= 11 is 0. The molecule has 2 bridgehead atoms. The van der Waals surface area contributed by atoms with Crippen LogP contribution >= 0.6 is 0 Å². The van der Waals surface area contributed by atoms with Gasteiger partial charge in [0.15, 0.2) is 0 Å². The second-order valence-corrected chi connectivity index (χ2v) is 8.38. The largest absolute Gasteiger partial charge is 0.341 e. The minimum atomic E-state index is -0.206. The van der Waals surface area contributed by atoms with Gasteiger partial charge >= 0.3 is 0 Å². The van der Waals surface area contributed by atoms with Crippen molar-refractivity contribution in [2.75, 3.05) is 0 Å². The van der Waals surface area contributed by atoms with Crippen LogP contribution in [0.3, 0.4) is 0 Å². The van der Waals surface area contributed by atoms with Crippen LogP contribution in [0.5, 0.6) is 0 Å². The quantitative estimate of drug-likeness (QED) is 0.460. The van der Waals surface area contributed by atoms with E-state index in [0.717, 1.165) is 40.0 Å². The molecule has 2 amide bonds. The van der Waals surface area contributed by atoms with E-state index in [1.807, 2.05) is 12.1 Å². The van der Waals surface area contributed by atoms with E-state index in [1.165, 1.54) is 0 Å². The van der Waals surface area contributed by atoms with Gasteiger partial charge in [-0.05, 0) is 44.6 Å². The molecule has 5 rings (SSSR count). The molecule has 5 atom stereocenters. The van der Waals surface area contributed by atoms with Crippen LogP contribution in [0.25, 0.3) is 10.9 Å². The summed E-state index contributed by atoms with van der Waals surface area (Å²) in [6, 6.07) is 8.61. The first-order valence-corrected chi connectivity index (χ1v) is 10.2. The predicted octanol–water partition coefficient (Wildman–Crippen LogP) is 4.06. The fourth-order valence-corrected chi connectivity index (χ4v) is 5.45. The number of carbonyl (C=O) groups is 2. The van der Waals surface area contributed by atoms with Gasteiger partial charge in [-0.1, -0.05) is 37.3 Å².